The van der Waals surface area contributed by atoms with Gasteiger partial charge in [-0.3, -0.25) is 9.59 Å². The molecule has 15 heavy (non-hydrogen) atoms. The topological polar surface area (TPSA) is 76.4 Å². The standard InChI is InChI=1S/C10H15NO4/c1-4-5-10(6-7-11,8(12)14-2)9(13)15-3/h4-6H2,1-3H3. The summed E-state index contributed by atoms with van der Waals surface area (Å²) >= 11 is 0. The normalized spacial score (nSPS) is 10.3. The van der Waals surface area contributed by atoms with Gasteiger partial charge in [0.05, 0.1) is 26.7 Å². The summed E-state index contributed by atoms with van der Waals surface area (Å²) in [7, 11) is 2.38. The number of methoxy groups -OCH3 is 2. The second kappa shape index (κ2) is 6.02. The van der Waals surface area contributed by atoms with Gasteiger partial charge < -0.3 is 9.47 Å². The highest BCUT2D eigenvalue weighted by Crippen LogP contribution is 2.31. The van der Waals surface area contributed by atoms with Crippen LogP contribution in [0.1, 0.15) is 26.2 Å². The van der Waals surface area contributed by atoms with Gasteiger partial charge in [0.25, 0.3) is 0 Å². The van der Waals surface area contributed by atoms with Crippen molar-refractivity contribution in [1.82, 2.24) is 0 Å². The highest BCUT2D eigenvalue weighted by Gasteiger charge is 2.47. The number of hydrogen-bond donors (Lipinski definition) is 0. The van der Waals surface area contributed by atoms with Crippen LogP contribution in [0, 0.1) is 16.7 Å². The van der Waals surface area contributed by atoms with Crippen LogP contribution in [0.15, 0.2) is 0 Å². The maximum Gasteiger partial charge on any atom is 0.324 e. The smallest absolute Gasteiger partial charge is 0.324 e. The molecule has 0 aromatic rings. The maximum absolute atomic E-state index is 11.5. The quantitative estimate of drug-likeness (QED) is 0.503. The predicted molar refractivity (Wildman–Crippen MR) is 51.6 cm³/mol. The van der Waals surface area contributed by atoms with Gasteiger partial charge >= 0.3 is 11.9 Å². The Morgan fingerprint density at radius 2 is 1.73 bits per heavy atom. The van der Waals surface area contributed by atoms with Crippen molar-refractivity contribution in [2.75, 3.05) is 14.2 Å². The van der Waals surface area contributed by atoms with E-state index in [9.17, 15) is 9.59 Å². The first-order valence-electron chi connectivity index (χ1n) is 4.62. The van der Waals surface area contributed by atoms with E-state index in [0.29, 0.717) is 6.42 Å². The molecule has 0 amide bonds. The first-order valence-corrected chi connectivity index (χ1v) is 4.62. The van der Waals surface area contributed by atoms with E-state index < -0.39 is 17.4 Å². The Bertz CT molecular complexity index is 264. The zero-order chi connectivity index (χ0) is 11.9. The molecule has 0 fully saturated rings. The van der Waals surface area contributed by atoms with Gasteiger partial charge in [0.2, 0.25) is 0 Å². The SMILES string of the molecule is CCCC(CC#N)(C(=O)OC)C(=O)OC. The highest BCUT2D eigenvalue weighted by atomic mass is 16.5. The minimum atomic E-state index is -1.47. The summed E-state index contributed by atoms with van der Waals surface area (Å²) in [5, 5.41) is 8.65. The van der Waals surface area contributed by atoms with Crippen LogP contribution in [0.2, 0.25) is 0 Å². The average molecular weight is 213 g/mol. The molecule has 0 saturated carbocycles. The molecule has 0 aromatic carbocycles. The lowest BCUT2D eigenvalue weighted by molar-refractivity contribution is -0.169. The van der Waals surface area contributed by atoms with Gasteiger partial charge in [-0.1, -0.05) is 13.3 Å². The lowest BCUT2D eigenvalue weighted by Crippen LogP contribution is -2.41. The monoisotopic (exact) mass is 213 g/mol. The molecule has 0 aromatic heterocycles. The van der Waals surface area contributed by atoms with Crippen LogP contribution in [0.3, 0.4) is 0 Å². The Morgan fingerprint density at radius 1 is 1.27 bits per heavy atom. The predicted octanol–water partition coefficient (Wildman–Crippen LogP) is 1.03. The fourth-order valence-corrected chi connectivity index (χ4v) is 1.47. The Labute approximate surface area is 89.0 Å². The van der Waals surface area contributed by atoms with Gasteiger partial charge in [-0.05, 0) is 6.42 Å². The molecule has 0 rings (SSSR count). The van der Waals surface area contributed by atoms with E-state index in [1.165, 1.54) is 14.2 Å². The van der Waals surface area contributed by atoms with Gasteiger partial charge in [-0.2, -0.15) is 5.26 Å². The van der Waals surface area contributed by atoms with E-state index in [-0.39, 0.29) is 12.8 Å². The van der Waals surface area contributed by atoms with E-state index >= 15 is 0 Å². The third kappa shape index (κ3) is 2.69. The van der Waals surface area contributed by atoms with Crippen molar-refractivity contribution in [3.63, 3.8) is 0 Å². The summed E-state index contributed by atoms with van der Waals surface area (Å²) in [5.74, 6) is -1.42. The number of esters is 2. The number of nitrogens with zero attached hydrogens (tertiary/aromatic N) is 1. The second-order valence-electron chi connectivity index (χ2n) is 3.15. The number of carbonyl (C=O) groups is 2. The molecule has 0 heterocycles. The van der Waals surface area contributed by atoms with Crippen LogP contribution in [0.5, 0.6) is 0 Å². The number of ether oxygens (including phenoxy) is 2. The Balaban J connectivity index is 5.16. The van der Waals surface area contributed by atoms with Crippen LogP contribution in [0.25, 0.3) is 0 Å². The lowest BCUT2D eigenvalue weighted by atomic mass is 9.80. The largest absolute Gasteiger partial charge is 0.468 e. The van der Waals surface area contributed by atoms with Gasteiger partial charge in [-0.25, -0.2) is 0 Å². The summed E-state index contributed by atoms with van der Waals surface area (Å²) in [4.78, 5) is 23.1. The van der Waals surface area contributed by atoms with Crippen molar-refractivity contribution in [3.05, 3.63) is 0 Å². The average Bonchev–Trinajstić information content (AvgIpc) is 2.26. The molecule has 0 saturated heterocycles. The summed E-state index contributed by atoms with van der Waals surface area (Å²) in [6.45, 7) is 1.82. The minimum Gasteiger partial charge on any atom is -0.468 e. The van der Waals surface area contributed by atoms with Crippen LogP contribution in [-0.4, -0.2) is 26.2 Å². The number of nitriles is 1. The number of hydrogen-bond acceptors (Lipinski definition) is 5. The van der Waals surface area contributed by atoms with Crippen molar-refractivity contribution in [1.29, 1.82) is 5.26 Å². The van der Waals surface area contributed by atoms with E-state index in [4.69, 9.17) is 5.26 Å². The van der Waals surface area contributed by atoms with Crippen LogP contribution >= 0.6 is 0 Å². The molecule has 5 nitrogen and oxygen atoms in total. The fraction of sp³-hybridized carbons (Fsp3) is 0.700. The van der Waals surface area contributed by atoms with E-state index in [1.807, 2.05) is 13.0 Å². The van der Waals surface area contributed by atoms with Crippen molar-refractivity contribution in [3.8, 4) is 6.07 Å². The van der Waals surface area contributed by atoms with Gasteiger partial charge in [0.1, 0.15) is 0 Å². The van der Waals surface area contributed by atoms with Crippen molar-refractivity contribution >= 4 is 11.9 Å². The molecule has 0 bridgehead atoms. The molecule has 5 heteroatoms. The Kier molecular flexibility index (Phi) is 5.39. The molecule has 0 aliphatic heterocycles. The Morgan fingerprint density at radius 3 is 2.00 bits per heavy atom. The first kappa shape index (κ1) is 13.4. The highest BCUT2D eigenvalue weighted by molar-refractivity contribution is 6.00. The third-order valence-corrected chi connectivity index (χ3v) is 2.21. The molecule has 0 aliphatic rings. The van der Waals surface area contributed by atoms with Gasteiger partial charge in [-0.15, -0.1) is 0 Å². The van der Waals surface area contributed by atoms with Crippen molar-refractivity contribution < 1.29 is 19.1 Å². The van der Waals surface area contributed by atoms with Crippen molar-refractivity contribution in [2.45, 2.75) is 26.2 Å². The second-order valence-corrected chi connectivity index (χ2v) is 3.15. The van der Waals surface area contributed by atoms with Crippen LogP contribution in [-0.2, 0) is 19.1 Å². The van der Waals surface area contributed by atoms with Crippen molar-refractivity contribution in [2.24, 2.45) is 5.41 Å². The van der Waals surface area contributed by atoms with E-state index in [0.717, 1.165) is 0 Å². The van der Waals surface area contributed by atoms with E-state index in [2.05, 4.69) is 9.47 Å². The molecule has 0 unspecified atom stereocenters. The molecule has 0 radical (unpaired) electrons. The maximum atomic E-state index is 11.5. The molecule has 0 spiro atoms. The van der Waals surface area contributed by atoms with Gasteiger partial charge in [0, 0.05) is 0 Å². The first-order chi connectivity index (χ1) is 7.08. The fourth-order valence-electron chi connectivity index (χ4n) is 1.47. The number of carbonyl (C=O) groups excluding carboxylic acids is 2. The minimum absolute atomic E-state index is 0.222. The molecular weight excluding hydrogens is 198 g/mol. The molecule has 84 valence electrons. The summed E-state index contributed by atoms with van der Waals surface area (Å²) in [5.41, 5.74) is -1.47. The zero-order valence-electron chi connectivity index (χ0n) is 9.20. The summed E-state index contributed by atoms with van der Waals surface area (Å²) < 4.78 is 9.11. The Hall–Kier alpha value is -1.57. The van der Waals surface area contributed by atoms with E-state index in [1.54, 1.807) is 0 Å². The van der Waals surface area contributed by atoms with Crippen LogP contribution < -0.4 is 0 Å². The molecular formula is C10H15NO4. The lowest BCUT2D eigenvalue weighted by Gasteiger charge is -2.24. The zero-order valence-corrected chi connectivity index (χ0v) is 9.20. The van der Waals surface area contributed by atoms with Gasteiger partial charge in [0.15, 0.2) is 5.41 Å². The third-order valence-electron chi connectivity index (χ3n) is 2.21. The summed E-state index contributed by atoms with van der Waals surface area (Å²) in [6.07, 6.45) is 0.617. The van der Waals surface area contributed by atoms with Crippen LogP contribution in [0.4, 0.5) is 0 Å². The molecule has 0 aliphatic carbocycles. The molecule has 0 atom stereocenters. The summed E-state index contributed by atoms with van der Waals surface area (Å²) in [6, 6.07) is 1.82. The molecule has 0 N–H and O–H groups in total. The number of rotatable bonds is 5.